The SMILES string of the molecule is C=CCO[C@H](C=C)COC(c1ccccc1)(c1ccccc1)c1ccccc1. The van der Waals surface area contributed by atoms with E-state index in [1.807, 2.05) is 54.6 Å². The molecule has 0 radical (unpaired) electrons. The average molecular weight is 370 g/mol. The fourth-order valence-corrected chi connectivity index (χ4v) is 3.35. The summed E-state index contributed by atoms with van der Waals surface area (Å²) in [7, 11) is 0. The van der Waals surface area contributed by atoms with Crippen LogP contribution in [0, 0.1) is 0 Å². The molecule has 0 N–H and O–H groups in total. The third-order valence-electron chi connectivity index (χ3n) is 4.70. The van der Waals surface area contributed by atoms with Crippen molar-refractivity contribution in [2.24, 2.45) is 0 Å². The summed E-state index contributed by atoms with van der Waals surface area (Å²) in [6.45, 7) is 8.44. The van der Waals surface area contributed by atoms with Crippen LogP contribution in [0.2, 0.25) is 0 Å². The lowest BCUT2D eigenvalue weighted by atomic mass is 9.80. The van der Waals surface area contributed by atoms with Crippen molar-refractivity contribution in [2.75, 3.05) is 13.2 Å². The van der Waals surface area contributed by atoms with Crippen molar-refractivity contribution >= 4 is 0 Å². The number of rotatable bonds is 10. The molecule has 0 aliphatic heterocycles. The molecule has 3 aromatic rings. The smallest absolute Gasteiger partial charge is 0.143 e. The van der Waals surface area contributed by atoms with E-state index in [1.54, 1.807) is 12.2 Å². The van der Waals surface area contributed by atoms with Crippen LogP contribution in [0.4, 0.5) is 0 Å². The molecular formula is C26H26O2. The standard InChI is InChI=1S/C26H26O2/c1-3-20-27-25(4-2)21-28-26(22-14-8-5-9-15-22,23-16-10-6-11-17-23)24-18-12-7-13-19-24/h3-19,25H,1-2,20-21H2/t25-/m1/s1. The van der Waals surface area contributed by atoms with Crippen LogP contribution >= 0.6 is 0 Å². The minimum absolute atomic E-state index is 0.228. The maximum Gasteiger partial charge on any atom is 0.143 e. The van der Waals surface area contributed by atoms with Gasteiger partial charge in [-0.2, -0.15) is 0 Å². The van der Waals surface area contributed by atoms with Crippen LogP contribution in [0.5, 0.6) is 0 Å². The summed E-state index contributed by atoms with van der Waals surface area (Å²) < 4.78 is 12.5. The molecule has 0 amide bonds. The summed E-state index contributed by atoms with van der Waals surface area (Å²) in [6, 6.07) is 30.9. The van der Waals surface area contributed by atoms with Gasteiger partial charge in [0.25, 0.3) is 0 Å². The number of hydrogen-bond donors (Lipinski definition) is 0. The zero-order chi connectivity index (χ0) is 19.7. The van der Waals surface area contributed by atoms with Crippen LogP contribution < -0.4 is 0 Å². The lowest BCUT2D eigenvalue weighted by Gasteiger charge is -2.36. The van der Waals surface area contributed by atoms with Gasteiger partial charge in [-0.25, -0.2) is 0 Å². The van der Waals surface area contributed by atoms with Crippen LogP contribution in [0.1, 0.15) is 16.7 Å². The number of benzene rings is 3. The van der Waals surface area contributed by atoms with Crippen LogP contribution in [0.15, 0.2) is 116 Å². The van der Waals surface area contributed by atoms with E-state index in [2.05, 4.69) is 49.6 Å². The first kappa shape index (κ1) is 19.8. The van der Waals surface area contributed by atoms with Crippen LogP contribution in [0.25, 0.3) is 0 Å². The topological polar surface area (TPSA) is 18.5 Å². The fourth-order valence-electron chi connectivity index (χ4n) is 3.35. The molecule has 0 saturated carbocycles. The fraction of sp³-hybridized carbons (Fsp3) is 0.154. The van der Waals surface area contributed by atoms with Gasteiger partial charge in [-0.3, -0.25) is 0 Å². The third kappa shape index (κ3) is 4.30. The molecule has 0 aliphatic rings. The molecule has 1 atom stereocenters. The summed E-state index contributed by atoms with van der Waals surface area (Å²) in [5.41, 5.74) is 2.46. The van der Waals surface area contributed by atoms with Gasteiger partial charge in [0, 0.05) is 0 Å². The maximum atomic E-state index is 6.71. The first-order chi connectivity index (χ1) is 13.8. The molecule has 28 heavy (non-hydrogen) atoms. The van der Waals surface area contributed by atoms with E-state index in [-0.39, 0.29) is 6.10 Å². The Morgan fingerprint density at radius 2 is 1.14 bits per heavy atom. The normalized spacial score (nSPS) is 12.3. The van der Waals surface area contributed by atoms with Crippen LogP contribution in [0.3, 0.4) is 0 Å². The maximum absolute atomic E-state index is 6.71. The quantitative estimate of drug-likeness (QED) is 0.334. The largest absolute Gasteiger partial charge is 0.368 e. The molecule has 0 spiro atoms. The Labute approximate surface area is 167 Å². The van der Waals surface area contributed by atoms with Gasteiger partial charge >= 0.3 is 0 Å². The molecule has 3 aromatic carbocycles. The second kappa shape index (κ2) is 9.84. The highest BCUT2D eigenvalue weighted by Gasteiger charge is 2.37. The highest BCUT2D eigenvalue weighted by molar-refractivity contribution is 5.47. The van der Waals surface area contributed by atoms with Crippen molar-refractivity contribution < 1.29 is 9.47 Å². The van der Waals surface area contributed by atoms with Gasteiger partial charge in [0.1, 0.15) is 5.60 Å². The highest BCUT2D eigenvalue weighted by Crippen LogP contribution is 2.40. The van der Waals surface area contributed by atoms with Crippen LogP contribution in [-0.4, -0.2) is 19.3 Å². The number of ether oxygens (including phenoxy) is 2. The van der Waals surface area contributed by atoms with E-state index >= 15 is 0 Å². The molecule has 142 valence electrons. The zero-order valence-electron chi connectivity index (χ0n) is 16.0. The van der Waals surface area contributed by atoms with Crippen molar-refractivity contribution in [1.29, 1.82) is 0 Å². The minimum atomic E-state index is -0.747. The molecule has 0 aliphatic carbocycles. The Bertz CT molecular complexity index is 760. The second-order valence-corrected chi connectivity index (χ2v) is 6.49. The van der Waals surface area contributed by atoms with E-state index in [9.17, 15) is 0 Å². The van der Waals surface area contributed by atoms with Gasteiger partial charge in [0.2, 0.25) is 0 Å². The van der Waals surface area contributed by atoms with E-state index < -0.39 is 5.60 Å². The number of hydrogen-bond acceptors (Lipinski definition) is 2. The molecule has 2 heteroatoms. The van der Waals surface area contributed by atoms with Crippen molar-refractivity contribution in [2.45, 2.75) is 11.7 Å². The summed E-state index contributed by atoms with van der Waals surface area (Å²) >= 11 is 0. The molecule has 0 unspecified atom stereocenters. The summed E-state index contributed by atoms with van der Waals surface area (Å²) in [6.07, 6.45) is 3.28. The molecular weight excluding hydrogens is 344 g/mol. The van der Waals surface area contributed by atoms with E-state index in [4.69, 9.17) is 9.47 Å². The minimum Gasteiger partial charge on any atom is -0.368 e. The predicted molar refractivity (Wildman–Crippen MR) is 115 cm³/mol. The Morgan fingerprint density at radius 3 is 1.50 bits per heavy atom. The Hall–Kier alpha value is -2.94. The summed E-state index contributed by atoms with van der Waals surface area (Å²) in [5, 5.41) is 0. The summed E-state index contributed by atoms with van der Waals surface area (Å²) in [5.74, 6) is 0. The Balaban J connectivity index is 2.11. The highest BCUT2D eigenvalue weighted by atomic mass is 16.5. The Kier molecular flexibility index (Phi) is 6.96. The monoisotopic (exact) mass is 370 g/mol. The van der Waals surface area contributed by atoms with Gasteiger partial charge in [0.15, 0.2) is 0 Å². The van der Waals surface area contributed by atoms with Gasteiger partial charge < -0.3 is 9.47 Å². The Morgan fingerprint density at radius 1 is 0.714 bits per heavy atom. The van der Waals surface area contributed by atoms with Crippen molar-refractivity contribution in [3.8, 4) is 0 Å². The lowest BCUT2D eigenvalue weighted by Crippen LogP contribution is -2.36. The first-order valence-electron chi connectivity index (χ1n) is 9.47. The van der Waals surface area contributed by atoms with Gasteiger partial charge in [0.05, 0.1) is 19.3 Å². The average Bonchev–Trinajstić information content (AvgIpc) is 2.78. The molecule has 0 bridgehead atoms. The van der Waals surface area contributed by atoms with Gasteiger partial charge in [-0.05, 0) is 16.7 Å². The van der Waals surface area contributed by atoms with Gasteiger partial charge in [-0.1, -0.05) is 103 Å². The van der Waals surface area contributed by atoms with E-state index in [0.29, 0.717) is 13.2 Å². The first-order valence-corrected chi connectivity index (χ1v) is 9.47. The van der Waals surface area contributed by atoms with Gasteiger partial charge in [-0.15, -0.1) is 13.2 Å². The molecule has 0 fully saturated rings. The molecule has 3 rings (SSSR count). The third-order valence-corrected chi connectivity index (χ3v) is 4.70. The van der Waals surface area contributed by atoms with E-state index in [1.165, 1.54) is 0 Å². The van der Waals surface area contributed by atoms with Crippen molar-refractivity contribution in [3.05, 3.63) is 133 Å². The second-order valence-electron chi connectivity index (χ2n) is 6.49. The van der Waals surface area contributed by atoms with E-state index in [0.717, 1.165) is 16.7 Å². The van der Waals surface area contributed by atoms with Crippen molar-refractivity contribution in [1.82, 2.24) is 0 Å². The molecule has 2 nitrogen and oxygen atoms in total. The van der Waals surface area contributed by atoms with Crippen molar-refractivity contribution in [3.63, 3.8) is 0 Å². The summed E-state index contributed by atoms with van der Waals surface area (Å²) in [4.78, 5) is 0. The van der Waals surface area contributed by atoms with Crippen LogP contribution in [-0.2, 0) is 15.1 Å². The zero-order valence-corrected chi connectivity index (χ0v) is 16.0. The predicted octanol–water partition coefficient (Wildman–Crippen LogP) is 5.75. The lowest BCUT2D eigenvalue weighted by molar-refractivity contribution is -0.0429. The molecule has 0 heterocycles. The molecule has 0 saturated heterocycles. The molecule has 0 aromatic heterocycles.